The average Bonchev–Trinajstić information content (AvgIpc) is 2.20. The van der Waals surface area contributed by atoms with Crippen LogP contribution in [0.1, 0.15) is 6.92 Å². The number of esters is 1. The van der Waals surface area contributed by atoms with Crippen LogP contribution in [0.4, 0.5) is 0 Å². The van der Waals surface area contributed by atoms with Gasteiger partial charge in [-0.25, -0.2) is 0 Å². The molecule has 0 aliphatic rings. The van der Waals surface area contributed by atoms with Crippen molar-refractivity contribution in [3.63, 3.8) is 0 Å². The summed E-state index contributed by atoms with van der Waals surface area (Å²) < 4.78 is 10.3. The van der Waals surface area contributed by atoms with E-state index in [9.17, 15) is 4.79 Å². The van der Waals surface area contributed by atoms with Gasteiger partial charge in [0, 0.05) is 14.0 Å². The summed E-state index contributed by atoms with van der Waals surface area (Å²) >= 11 is 0. The predicted octanol–water partition coefficient (Wildman–Crippen LogP) is 0.366. The van der Waals surface area contributed by atoms with Crippen molar-refractivity contribution < 1.29 is 14.0 Å². The van der Waals surface area contributed by atoms with Gasteiger partial charge in [-0.2, -0.15) is 0 Å². The SMILES string of the molecule is CO[SiH](COC(C)=O)c1ccccc1. The van der Waals surface area contributed by atoms with E-state index in [0.717, 1.165) is 5.19 Å². The fourth-order valence-corrected chi connectivity index (χ4v) is 2.80. The first-order valence-corrected chi connectivity index (χ1v) is 6.31. The minimum Gasteiger partial charge on any atom is -0.467 e. The van der Waals surface area contributed by atoms with Gasteiger partial charge in [0.2, 0.25) is 9.04 Å². The fraction of sp³-hybridized carbons (Fsp3) is 0.300. The van der Waals surface area contributed by atoms with Crippen LogP contribution < -0.4 is 5.19 Å². The molecule has 0 aliphatic carbocycles. The van der Waals surface area contributed by atoms with Crippen LogP contribution in [0.25, 0.3) is 0 Å². The lowest BCUT2D eigenvalue weighted by Gasteiger charge is -2.12. The van der Waals surface area contributed by atoms with Crippen molar-refractivity contribution in [1.82, 2.24) is 0 Å². The summed E-state index contributed by atoms with van der Waals surface area (Å²) in [6.45, 7) is 1.41. The largest absolute Gasteiger partial charge is 0.467 e. The van der Waals surface area contributed by atoms with Crippen LogP contribution in [0.5, 0.6) is 0 Å². The van der Waals surface area contributed by atoms with Gasteiger partial charge in [-0.1, -0.05) is 30.3 Å². The molecule has 1 atom stereocenters. The Kier molecular flexibility index (Phi) is 4.35. The highest BCUT2D eigenvalue weighted by Gasteiger charge is 2.14. The summed E-state index contributed by atoms with van der Waals surface area (Å²) in [5.74, 6) is -0.254. The molecule has 1 rings (SSSR count). The van der Waals surface area contributed by atoms with E-state index in [2.05, 4.69) is 0 Å². The Morgan fingerprint density at radius 3 is 2.50 bits per heavy atom. The van der Waals surface area contributed by atoms with E-state index in [4.69, 9.17) is 9.16 Å². The zero-order valence-electron chi connectivity index (χ0n) is 8.40. The lowest BCUT2D eigenvalue weighted by atomic mass is 10.4. The summed E-state index contributed by atoms with van der Waals surface area (Å²) in [7, 11) is 0.0897. The molecular formula is C10H14O3Si. The van der Waals surface area contributed by atoms with Crippen LogP contribution in [-0.2, 0) is 14.0 Å². The monoisotopic (exact) mass is 210 g/mol. The molecule has 14 heavy (non-hydrogen) atoms. The summed E-state index contributed by atoms with van der Waals surface area (Å²) in [6.07, 6.45) is 0.399. The Bertz CT molecular complexity index is 287. The van der Waals surface area contributed by atoms with Crippen molar-refractivity contribution in [3.05, 3.63) is 30.3 Å². The van der Waals surface area contributed by atoms with Crippen molar-refractivity contribution in [2.45, 2.75) is 6.92 Å². The maximum atomic E-state index is 10.6. The number of benzene rings is 1. The molecule has 0 saturated heterocycles. The third kappa shape index (κ3) is 3.31. The molecule has 0 N–H and O–H groups in total. The van der Waals surface area contributed by atoms with Crippen LogP contribution >= 0.6 is 0 Å². The van der Waals surface area contributed by atoms with E-state index < -0.39 is 9.04 Å². The van der Waals surface area contributed by atoms with Crippen molar-refractivity contribution >= 4 is 20.2 Å². The van der Waals surface area contributed by atoms with E-state index in [-0.39, 0.29) is 5.97 Å². The molecule has 76 valence electrons. The van der Waals surface area contributed by atoms with Crippen LogP contribution in [-0.4, -0.2) is 28.3 Å². The molecule has 0 aliphatic heterocycles. The normalized spacial score (nSPS) is 12.1. The first-order chi connectivity index (χ1) is 6.74. The van der Waals surface area contributed by atoms with E-state index in [1.807, 2.05) is 30.3 Å². The Labute approximate surface area is 85.4 Å². The molecule has 0 spiro atoms. The van der Waals surface area contributed by atoms with Crippen molar-refractivity contribution in [1.29, 1.82) is 0 Å². The molecule has 3 nitrogen and oxygen atoms in total. The number of hydrogen-bond donors (Lipinski definition) is 0. The minimum absolute atomic E-state index is 0.254. The van der Waals surface area contributed by atoms with Crippen molar-refractivity contribution in [2.24, 2.45) is 0 Å². The van der Waals surface area contributed by atoms with Gasteiger partial charge in [-0.15, -0.1) is 0 Å². The standard InChI is InChI=1S/C10H14O3Si/c1-9(11)13-8-14(12-2)10-6-4-3-5-7-10/h3-7,14H,8H2,1-2H3. The van der Waals surface area contributed by atoms with Crippen molar-refractivity contribution in [3.8, 4) is 0 Å². The third-order valence-electron chi connectivity index (χ3n) is 1.89. The second-order valence-electron chi connectivity index (χ2n) is 2.94. The van der Waals surface area contributed by atoms with E-state index in [1.165, 1.54) is 6.92 Å². The number of carbonyl (C=O) groups excluding carboxylic acids is 1. The van der Waals surface area contributed by atoms with E-state index in [0.29, 0.717) is 6.23 Å². The Morgan fingerprint density at radius 1 is 1.36 bits per heavy atom. The molecule has 0 heterocycles. The molecule has 1 aromatic rings. The number of rotatable bonds is 4. The van der Waals surface area contributed by atoms with Gasteiger partial charge in [-0.3, -0.25) is 4.79 Å². The third-order valence-corrected chi connectivity index (χ3v) is 4.06. The Balaban J connectivity index is 2.58. The Hall–Kier alpha value is -1.13. The highest BCUT2D eigenvalue weighted by Crippen LogP contribution is 1.91. The van der Waals surface area contributed by atoms with Crippen LogP contribution in [0.3, 0.4) is 0 Å². The first kappa shape index (κ1) is 10.9. The summed E-state index contributed by atoms with van der Waals surface area (Å²) in [5.41, 5.74) is 0. The zero-order valence-corrected chi connectivity index (χ0v) is 9.55. The van der Waals surface area contributed by atoms with E-state index in [1.54, 1.807) is 7.11 Å². The van der Waals surface area contributed by atoms with Crippen molar-refractivity contribution in [2.75, 3.05) is 13.3 Å². The average molecular weight is 210 g/mol. The van der Waals surface area contributed by atoms with Gasteiger partial charge in [0.25, 0.3) is 0 Å². The number of carbonyl (C=O) groups is 1. The maximum Gasteiger partial charge on any atom is 0.302 e. The second-order valence-corrected chi connectivity index (χ2v) is 5.39. The molecule has 0 radical (unpaired) electrons. The van der Waals surface area contributed by atoms with Gasteiger partial charge in [0.05, 0.1) is 0 Å². The molecular weight excluding hydrogens is 196 g/mol. The molecule has 0 aromatic heterocycles. The van der Waals surface area contributed by atoms with Gasteiger partial charge in [0.15, 0.2) is 0 Å². The number of ether oxygens (including phenoxy) is 1. The van der Waals surface area contributed by atoms with Gasteiger partial charge in [0.1, 0.15) is 6.23 Å². The molecule has 1 aromatic carbocycles. The van der Waals surface area contributed by atoms with Gasteiger partial charge < -0.3 is 9.16 Å². The molecule has 0 amide bonds. The molecule has 1 unspecified atom stereocenters. The summed E-state index contributed by atoms with van der Waals surface area (Å²) in [4.78, 5) is 10.6. The quantitative estimate of drug-likeness (QED) is 0.532. The molecule has 0 fully saturated rings. The summed E-state index contributed by atoms with van der Waals surface area (Å²) in [5, 5.41) is 1.15. The summed E-state index contributed by atoms with van der Waals surface area (Å²) in [6, 6.07) is 9.88. The Morgan fingerprint density at radius 2 is 2.00 bits per heavy atom. The fourth-order valence-electron chi connectivity index (χ4n) is 1.16. The zero-order chi connectivity index (χ0) is 10.4. The van der Waals surface area contributed by atoms with E-state index >= 15 is 0 Å². The predicted molar refractivity (Wildman–Crippen MR) is 56.9 cm³/mol. The highest BCUT2D eigenvalue weighted by atomic mass is 28.3. The second kappa shape index (κ2) is 5.57. The number of hydrogen-bond acceptors (Lipinski definition) is 3. The molecule has 4 heteroatoms. The lowest BCUT2D eigenvalue weighted by molar-refractivity contribution is -0.139. The van der Waals surface area contributed by atoms with Crippen LogP contribution in [0.15, 0.2) is 30.3 Å². The van der Waals surface area contributed by atoms with Gasteiger partial charge >= 0.3 is 5.97 Å². The smallest absolute Gasteiger partial charge is 0.302 e. The molecule has 0 saturated carbocycles. The first-order valence-electron chi connectivity index (χ1n) is 4.45. The van der Waals surface area contributed by atoms with Crippen LogP contribution in [0.2, 0.25) is 0 Å². The minimum atomic E-state index is -1.57. The molecule has 0 bridgehead atoms. The van der Waals surface area contributed by atoms with Gasteiger partial charge in [-0.05, 0) is 5.19 Å². The van der Waals surface area contributed by atoms with Crippen LogP contribution in [0, 0.1) is 0 Å². The lowest BCUT2D eigenvalue weighted by Crippen LogP contribution is -2.38. The topological polar surface area (TPSA) is 35.5 Å². The maximum absolute atomic E-state index is 10.6. The highest BCUT2D eigenvalue weighted by molar-refractivity contribution is 6.67.